The molecule has 0 spiro atoms. The van der Waals surface area contributed by atoms with Gasteiger partial charge in [-0.05, 0) is 48.8 Å². The van der Waals surface area contributed by atoms with E-state index in [0.29, 0.717) is 18.9 Å². The standard InChI is InChI=1S/C21H23N3O2S.ClH/c1-24(11-12-25)15-16-14-17(23-21(22)20-8-5-13-27-20)9-10-19(16)26-18-6-3-2-4-7-18;/h2-10,13-14,25H,11-12,15H2,1H3,(H2,22,23);1H. The van der Waals surface area contributed by atoms with Gasteiger partial charge in [0.25, 0.3) is 0 Å². The lowest BCUT2D eigenvalue weighted by Crippen LogP contribution is -2.22. The number of hydrogen-bond acceptors (Lipinski definition) is 5. The van der Waals surface area contributed by atoms with Crippen molar-refractivity contribution >= 4 is 35.3 Å². The van der Waals surface area contributed by atoms with Crippen LogP contribution in [0.3, 0.4) is 0 Å². The van der Waals surface area contributed by atoms with Gasteiger partial charge in [0.1, 0.15) is 17.3 Å². The molecule has 7 heteroatoms. The fourth-order valence-electron chi connectivity index (χ4n) is 2.66. The fourth-order valence-corrected chi connectivity index (χ4v) is 3.29. The second-order valence-electron chi connectivity index (χ2n) is 6.18. The smallest absolute Gasteiger partial charge is 0.140 e. The minimum Gasteiger partial charge on any atom is -0.457 e. The third-order valence-corrected chi connectivity index (χ3v) is 4.88. The van der Waals surface area contributed by atoms with E-state index < -0.39 is 0 Å². The molecule has 3 rings (SSSR count). The summed E-state index contributed by atoms with van der Waals surface area (Å²) in [6.07, 6.45) is 0. The van der Waals surface area contributed by atoms with Gasteiger partial charge < -0.3 is 15.2 Å². The van der Waals surface area contributed by atoms with E-state index in [9.17, 15) is 5.11 Å². The molecular formula is C21H24ClN3O2S. The van der Waals surface area contributed by atoms with Gasteiger partial charge >= 0.3 is 0 Å². The first-order valence-corrected chi connectivity index (χ1v) is 9.58. The fraction of sp³-hybridized carbons (Fsp3) is 0.190. The maximum Gasteiger partial charge on any atom is 0.140 e. The van der Waals surface area contributed by atoms with E-state index in [1.165, 1.54) is 11.3 Å². The molecule has 0 saturated carbocycles. The maximum atomic E-state index is 9.19. The number of rotatable bonds is 8. The van der Waals surface area contributed by atoms with Crippen molar-refractivity contribution in [3.8, 4) is 11.5 Å². The van der Waals surface area contributed by atoms with Crippen LogP contribution in [-0.4, -0.2) is 36.0 Å². The molecule has 3 aromatic rings. The normalized spacial score (nSPS) is 10.4. The lowest BCUT2D eigenvalue weighted by Gasteiger charge is -2.19. The van der Waals surface area contributed by atoms with Gasteiger partial charge in [-0.1, -0.05) is 24.3 Å². The van der Waals surface area contributed by atoms with Crippen LogP contribution in [0.15, 0.2) is 66.0 Å². The third-order valence-electron chi connectivity index (χ3n) is 3.99. The highest BCUT2D eigenvalue weighted by atomic mass is 35.5. The summed E-state index contributed by atoms with van der Waals surface area (Å²) in [6.45, 7) is 1.31. The Morgan fingerprint density at radius 1 is 1.14 bits per heavy atom. The number of likely N-dealkylation sites (N-methyl/N-ethyl adjacent to an activating group) is 1. The molecule has 1 heterocycles. The van der Waals surface area contributed by atoms with Crippen LogP contribution in [0.25, 0.3) is 0 Å². The van der Waals surface area contributed by atoms with Gasteiger partial charge in [-0.3, -0.25) is 10.3 Å². The molecule has 0 fully saturated rings. The minimum atomic E-state index is 0. The Labute approximate surface area is 175 Å². The van der Waals surface area contributed by atoms with Crippen LogP contribution in [-0.2, 0) is 6.54 Å². The number of aliphatic hydroxyl groups excluding tert-OH is 1. The van der Waals surface area contributed by atoms with Crippen molar-refractivity contribution in [3.63, 3.8) is 0 Å². The molecule has 148 valence electrons. The number of nitrogens with zero attached hydrogens (tertiary/aromatic N) is 1. The van der Waals surface area contributed by atoms with Gasteiger partial charge in [-0.2, -0.15) is 0 Å². The summed E-state index contributed by atoms with van der Waals surface area (Å²) >= 11 is 1.53. The van der Waals surface area contributed by atoms with Gasteiger partial charge in [0.15, 0.2) is 0 Å². The quantitative estimate of drug-likeness (QED) is 0.363. The van der Waals surface area contributed by atoms with Crippen LogP contribution in [0.4, 0.5) is 5.69 Å². The van der Waals surface area contributed by atoms with Crippen molar-refractivity contribution in [1.29, 1.82) is 5.41 Å². The molecule has 0 amide bonds. The zero-order chi connectivity index (χ0) is 19.1. The molecule has 0 aliphatic carbocycles. The van der Waals surface area contributed by atoms with Crippen molar-refractivity contribution in [2.75, 3.05) is 25.5 Å². The molecule has 1 aromatic heterocycles. The van der Waals surface area contributed by atoms with Crippen LogP contribution in [0, 0.1) is 5.41 Å². The van der Waals surface area contributed by atoms with E-state index in [4.69, 9.17) is 10.1 Å². The van der Waals surface area contributed by atoms with Crippen LogP contribution in [0.2, 0.25) is 0 Å². The Hall–Kier alpha value is -2.38. The summed E-state index contributed by atoms with van der Waals surface area (Å²) in [6, 6.07) is 19.3. The highest BCUT2D eigenvalue weighted by Crippen LogP contribution is 2.29. The van der Waals surface area contributed by atoms with Crippen molar-refractivity contribution in [2.24, 2.45) is 0 Å². The van der Waals surface area contributed by atoms with E-state index in [1.807, 2.05) is 78.0 Å². The van der Waals surface area contributed by atoms with Gasteiger partial charge in [0, 0.05) is 24.3 Å². The second-order valence-corrected chi connectivity index (χ2v) is 7.12. The lowest BCUT2D eigenvalue weighted by molar-refractivity contribution is 0.216. The molecule has 5 nitrogen and oxygen atoms in total. The molecule has 0 aliphatic heterocycles. The van der Waals surface area contributed by atoms with E-state index >= 15 is 0 Å². The molecular weight excluding hydrogens is 394 g/mol. The van der Waals surface area contributed by atoms with E-state index in [1.54, 1.807) is 0 Å². The zero-order valence-corrected chi connectivity index (χ0v) is 17.2. The number of benzene rings is 2. The average Bonchev–Trinajstić information content (AvgIpc) is 3.20. The van der Waals surface area contributed by atoms with E-state index in [-0.39, 0.29) is 19.0 Å². The van der Waals surface area contributed by atoms with Crippen LogP contribution in [0.5, 0.6) is 11.5 Å². The second kappa shape index (κ2) is 10.8. The number of hydrogen-bond donors (Lipinski definition) is 3. The molecule has 0 atom stereocenters. The Kier molecular flexibility index (Phi) is 8.47. The molecule has 0 saturated heterocycles. The third kappa shape index (κ3) is 6.07. The number of anilines is 1. The number of ether oxygens (including phenoxy) is 1. The first-order valence-electron chi connectivity index (χ1n) is 8.70. The average molecular weight is 418 g/mol. The number of amidine groups is 1. The van der Waals surface area contributed by atoms with Crippen molar-refractivity contribution in [3.05, 3.63) is 76.5 Å². The Morgan fingerprint density at radius 2 is 1.93 bits per heavy atom. The van der Waals surface area contributed by atoms with Crippen molar-refractivity contribution in [2.45, 2.75) is 6.54 Å². The van der Waals surface area contributed by atoms with Crippen molar-refractivity contribution < 1.29 is 9.84 Å². The van der Waals surface area contributed by atoms with Crippen molar-refractivity contribution in [1.82, 2.24) is 4.90 Å². The SMILES string of the molecule is CN(CCO)Cc1cc(NC(=N)c2cccs2)ccc1Oc1ccccc1.Cl. The predicted molar refractivity (Wildman–Crippen MR) is 118 cm³/mol. The maximum absolute atomic E-state index is 9.19. The summed E-state index contributed by atoms with van der Waals surface area (Å²) in [5.74, 6) is 1.91. The van der Waals surface area contributed by atoms with Crippen LogP contribution >= 0.6 is 23.7 Å². The molecule has 3 N–H and O–H groups in total. The number of thiophene rings is 1. The van der Waals surface area contributed by atoms with Gasteiger partial charge in [-0.15, -0.1) is 23.7 Å². The first kappa shape index (κ1) is 21.9. The number of para-hydroxylation sites is 1. The molecule has 28 heavy (non-hydrogen) atoms. The summed E-state index contributed by atoms with van der Waals surface area (Å²) in [5.41, 5.74) is 1.82. The highest BCUT2D eigenvalue weighted by molar-refractivity contribution is 7.12. The molecule has 0 radical (unpaired) electrons. The minimum absolute atomic E-state index is 0. The Morgan fingerprint density at radius 3 is 2.61 bits per heavy atom. The number of aliphatic hydroxyl groups is 1. The monoisotopic (exact) mass is 417 g/mol. The van der Waals surface area contributed by atoms with Gasteiger partial charge in [0.05, 0.1) is 11.5 Å². The van der Waals surface area contributed by atoms with E-state index in [0.717, 1.165) is 27.6 Å². The Bertz CT molecular complexity index is 873. The summed E-state index contributed by atoms with van der Waals surface area (Å²) in [5, 5.41) is 22.5. The molecule has 0 bridgehead atoms. The molecule has 0 aliphatic rings. The van der Waals surface area contributed by atoms with Crippen LogP contribution < -0.4 is 10.1 Å². The summed E-state index contributed by atoms with van der Waals surface area (Å²) < 4.78 is 6.05. The summed E-state index contributed by atoms with van der Waals surface area (Å²) in [7, 11) is 1.95. The lowest BCUT2D eigenvalue weighted by atomic mass is 10.1. The van der Waals surface area contributed by atoms with E-state index in [2.05, 4.69) is 5.32 Å². The zero-order valence-electron chi connectivity index (χ0n) is 15.6. The predicted octanol–water partition coefficient (Wildman–Crippen LogP) is 4.82. The molecule has 0 unspecified atom stereocenters. The highest BCUT2D eigenvalue weighted by Gasteiger charge is 2.11. The van der Waals surface area contributed by atoms with Gasteiger partial charge in [-0.25, -0.2) is 0 Å². The summed E-state index contributed by atoms with van der Waals surface area (Å²) in [4.78, 5) is 2.92. The topological polar surface area (TPSA) is 68.6 Å². The number of halogens is 1. The largest absolute Gasteiger partial charge is 0.457 e. The van der Waals surface area contributed by atoms with Crippen LogP contribution in [0.1, 0.15) is 10.4 Å². The Balaban J connectivity index is 0.00000280. The van der Waals surface area contributed by atoms with Gasteiger partial charge in [0.2, 0.25) is 0 Å². The molecule has 2 aromatic carbocycles. The number of nitrogens with one attached hydrogen (secondary N) is 2. The first-order chi connectivity index (χ1) is 13.2.